The van der Waals surface area contributed by atoms with E-state index in [1.165, 1.54) is 22.0 Å². The minimum absolute atomic E-state index is 0.0662. The van der Waals surface area contributed by atoms with Gasteiger partial charge in [-0.05, 0) is 44.4 Å². The van der Waals surface area contributed by atoms with Gasteiger partial charge in [-0.2, -0.15) is 5.10 Å². The number of nitrogens with zero attached hydrogens (tertiary/aromatic N) is 2. The van der Waals surface area contributed by atoms with E-state index in [1.54, 1.807) is 4.68 Å². The topological polar surface area (TPSA) is 62.7 Å². The van der Waals surface area contributed by atoms with Crippen molar-refractivity contribution in [2.45, 2.75) is 33.7 Å². The molecule has 0 aliphatic rings. The molecule has 0 saturated carbocycles. The Kier molecular flexibility index (Phi) is 4.19. The van der Waals surface area contributed by atoms with Crippen LogP contribution in [0.4, 0.5) is 0 Å². The predicted octanol–water partition coefficient (Wildman–Crippen LogP) is 2.97. The van der Waals surface area contributed by atoms with Gasteiger partial charge in [-0.3, -0.25) is 9.48 Å². The van der Waals surface area contributed by atoms with Crippen LogP contribution in [-0.2, 0) is 13.0 Å². The SMILES string of the molecule is CCn1nc(C)cc1C(=O)NCCc1c[nH]c2c(C)cccc12. The lowest BCUT2D eigenvalue weighted by Crippen LogP contribution is -2.28. The molecule has 0 aliphatic heterocycles. The first-order chi connectivity index (χ1) is 11.1. The molecular weight excluding hydrogens is 288 g/mol. The van der Waals surface area contributed by atoms with Crippen LogP contribution in [0.5, 0.6) is 0 Å². The summed E-state index contributed by atoms with van der Waals surface area (Å²) in [6.45, 7) is 7.28. The third kappa shape index (κ3) is 2.99. The Morgan fingerprint density at radius 2 is 2.17 bits per heavy atom. The number of amides is 1. The molecule has 0 radical (unpaired) electrons. The van der Waals surface area contributed by atoms with Crippen molar-refractivity contribution in [2.75, 3.05) is 6.54 Å². The smallest absolute Gasteiger partial charge is 0.269 e. The third-order valence-electron chi connectivity index (χ3n) is 4.12. The molecule has 5 nitrogen and oxygen atoms in total. The van der Waals surface area contributed by atoms with Crippen LogP contribution in [0, 0.1) is 13.8 Å². The molecule has 2 N–H and O–H groups in total. The molecule has 1 amide bonds. The summed E-state index contributed by atoms with van der Waals surface area (Å²) in [7, 11) is 0. The highest BCUT2D eigenvalue weighted by atomic mass is 16.2. The number of carbonyl (C=O) groups excluding carboxylic acids is 1. The minimum atomic E-state index is -0.0662. The second-order valence-corrected chi connectivity index (χ2v) is 5.80. The number of aromatic amines is 1. The maximum atomic E-state index is 12.3. The van der Waals surface area contributed by atoms with Crippen molar-refractivity contribution in [3.05, 3.63) is 53.0 Å². The van der Waals surface area contributed by atoms with Crippen LogP contribution in [0.15, 0.2) is 30.5 Å². The van der Waals surface area contributed by atoms with Gasteiger partial charge in [0.05, 0.1) is 5.69 Å². The van der Waals surface area contributed by atoms with Crippen LogP contribution in [0.3, 0.4) is 0 Å². The maximum Gasteiger partial charge on any atom is 0.269 e. The number of aryl methyl sites for hydroxylation is 3. The monoisotopic (exact) mass is 310 g/mol. The molecule has 5 heteroatoms. The summed E-state index contributed by atoms with van der Waals surface area (Å²) in [5, 5.41) is 8.53. The van der Waals surface area contributed by atoms with Crippen molar-refractivity contribution >= 4 is 16.8 Å². The number of fused-ring (bicyclic) bond motifs is 1. The molecule has 120 valence electrons. The zero-order valence-electron chi connectivity index (χ0n) is 13.8. The fourth-order valence-corrected chi connectivity index (χ4v) is 2.94. The molecule has 0 bridgehead atoms. The minimum Gasteiger partial charge on any atom is -0.361 e. The van der Waals surface area contributed by atoms with E-state index in [0.717, 1.165) is 12.1 Å². The first-order valence-electron chi connectivity index (χ1n) is 7.98. The molecule has 0 fully saturated rings. The van der Waals surface area contributed by atoms with E-state index in [0.29, 0.717) is 18.8 Å². The zero-order valence-corrected chi connectivity index (χ0v) is 13.8. The van der Waals surface area contributed by atoms with Crippen molar-refractivity contribution < 1.29 is 4.79 Å². The molecule has 23 heavy (non-hydrogen) atoms. The quantitative estimate of drug-likeness (QED) is 0.761. The third-order valence-corrected chi connectivity index (χ3v) is 4.12. The summed E-state index contributed by atoms with van der Waals surface area (Å²) < 4.78 is 1.74. The van der Waals surface area contributed by atoms with E-state index in [4.69, 9.17) is 0 Å². The van der Waals surface area contributed by atoms with Crippen LogP contribution in [0.1, 0.15) is 34.2 Å². The average Bonchev–Trinajstić information content (AvgIpc) is 3.12. The summed E-state index contributed by atoms with van der Waals surface area (Å²) in [4.78, 5) is 15.6. The molecule has 2 aromatic heterocycles. The lowest BCUT2D eigenvalue weighted by atomic mass is 10.1. The number of nitrogens with one attached hydrogen (secondary N) is 2. The zero-order chi connectivity index (χ0) is 16.4. The Labute approximate surface area is 135 Å². The van der Waals surface area contributed by atoms with E-state index in [1.807, 2.05) is 26.1 Å². The van der Waals surface area contributed by atoms with Crippen LogP contribution in [0.2, 0.25) is 0 Å². The van der Waals surface area contributed by atoms with Crippen molar-refractivity contribution in [3.63, 3.8) is 0 Å². The van der Waals surface area contributed by atoms with Crippen LogP contribution in [-0.4, -0.2) is 27.2 Å². The molecule has 3 aromatic rings. The Balaban J connectivity index is 1.66. The Bertz CT molecular complexity index is 844. The molecular formula is C18H22N4O. The van der Waals surface area contributed by atoms with Crippen LogP contribution in [0.25, 0.3) is 10.9 Å². The lowest BCUT2D eigenvalue weighted by molar-refractivity contribution is 0.0943. The first kappa shape index (κ1) is 15.3. The second kappa shape index (κ2) is 6.28. The standard InChI is InChI=1S/C18H22N4O/c1-4-22-16(10-13(3)21-22)18(23)19-9-8-14-11-20-17-12(2)6-5-7-15(14)17/h5-7,10-11,20H,4,8-9H2,1-3H3,(H,19,23). The van der Waals surface area contributed by atoms with E-state index in [2.05, 4.69) is 40.5 Å². The normalized spacial score (nSPS) is 11.1. The summed E-state index contributed by atoms with van der Waals surface area (Å²) in [5.41, 5.74) is 5.13. The van der Waals surface area contributed by atoms with Gasteiger partial charge >= 0.3 is 0 Å². The lowest BCUT2D eigenvalue weighted by Gasteiger charge is -2.06. The van der Waals surface area contributed by atoms with Crippen LogP contribution >= 0.6 is 0 Å². The second-order valence-electron chi connectivity index (χ2n) is 5.80. The molecule has 0 saturated heterocycles. The summed E-state index contributed by atoms with van der Waals surface area (Å²) >= 11 is 0. The molecule has 0 unspecified atom stereocenters. The molecule has 2 heterocycles. The van der Waals surface area contributed by atoms with Crippen molar-refractivity contribution in [3.8, 4) is 0 Å². The predicted molar refractivity (Wildman–Crippen MR) is 91.7 cm³/mol. The van der Waals surface area contributed by atoms with E-state index in [-0.39, 0.29) is 5.91 Å². The molecule has 0 spiro atoms. The van der Waals surface area contributed by atoms with E-state index >= 15 is 0 Å². The summed E-state index contributed by atoms with van der Waals surface area (Å²) in [6.07, 6.45) is 2.83. The average molecular weight is 310 g/mol. The Morgan fingerprint density at radius 1 is 1.35 bits per heavy atom. The van der Waals surface area contributed by atoms with Gasteiger partial charge in [0.25, 0.3) is 5.91 Å². The van der Waals surface area contributed by atoms with E-state index in [9.17, 15) is 4.79 Å². The number of hydrogen-bond acceptors (Lipinski definition) is 2. The maximum absolute atomic E-state index is 12.3. The number of H-pyrrole nitrogens is 1. The largest absolute Gasteiger partial charge is 0.361 e. The van der Waals surface area contributed by atoms with Gasteiger partial charge in [-0.1, -0.05) is 18.2 Å². The van der Waals surface area contributed by atoms with Crippen molar-refractivity contribution in [1.29, 1.82) is 0 Å². The molecule has 1 aromatic carbocycles. The number of benzene rings is 1. The fraction of sp³-hybridized carbons (Fsp3) is 0.333. The molecule has 3 rings (SSSR count). The number of para-hydroxylation sites is 1. The Hall–Kier alpha value is -2.56. The number of carbonyl (C=O) groups is 1. The van der Waals surface area contributed by atoms with Gasteiger partial charge in [0, 0.05) is 30.2 Å². The highest BCUT2D eigenvalue weighted by Crippen LogP contribution is 2.21. The van der Waals surface area contributed by atoms with Crippen LogP contribution < -0.4 is 5.32 Å². The highest BCUT2D eigenvalue weighted by molar-refractivity contribution is 5.92. The van der Waals surface area contributed by atoms with Gasteiger partial charge in [0.15, 0.2) is 0 Å². The number of rotatable bonds is 5. The van der Waals surface area contributed by atoms with Crippen molar-refractivity contribution in [2.24, 2.45) is 0 Å². The van der Waals surface area contributed by atoms with Gasteiger partial charge in [0.1, 0.15) is 5.69 Å². The van der Waals surface area contributed by atoms with Gasteiger partial charge in [0.2, 0.25) is 0 Å². The first-order valence-corrected chi connectivity index (χ1v) is 7.98. The fourth-order valence-electron chi connectivity index (χ4n) is 2.94. The number of aromatic nitrogens is 3. The summed E-state index contributed by atoms with van der Waals surface area (Å²) in [6, 6.07) is 8.11. The summed E-state index contributed by atoms with van der Waals surface area (Å²) in [5.74, 6) is -0.0662. The van der Waals surface area contributed by atoms with E-state index < -0.39 is 0 Å². The van der Waals surface area contributed by atoms with Gasteiger partial charge < -0.3 is 10.3 Å². The van der Waals surface area contributed by atoms with Crippen molar-refractivity contribution in [1.82, 2.24) is 20.1 Å². The van der Waals surface area contributed by atoms with Gasteiger partial charge in [-0.25, -0.2) is 0 Å². The van der Waals surface area contributed by atoms with Gasteiger partial charge in [-0.15, -0.1) is 0 Å². The molecule has 0 atom stereocenters. The highest BCUT2D eigenvalue weighted by Gasteiger charge is 2.13. The number of hydrogen-bond donors (Lipinski definition) is 2. The Morgan fingerprint density at radius 3 is 2.96 bits per heavy atom. The molecule has 0 aliphatic carbocycles.